The summed E-state index contributed by atoms with van der Waals surface area (Å²) in [5.74, 6) is 0.696. The summed E-state index contributed by atoms with van der Waals surface area (Å²) in [6.07, 6.45) is 6.62. The van der Waals surface area contributed by atoms with Gasteiger partial charge in [-0.2, -0.15) is 0 Å². The first kappa shape index (κ1) is 12.2. The largest absolute Gasteiger partial charge is 0.253 e. The molecule has 0 aliphatic heterocycles. The monoisotopic (exact) mass is 277 g/mol. The number of rotatable bonds is 3. The summed E-state index contributed by atoms with van der Waals surface area (Å²) in [5.41, 5.74) is 4.96. The Kier molecular flexibility index (Phi) is 3.40. The lowest BCUT2D eigenvalue weighted by Gasteiger charge is -2.37. The van der Waals surface area contributed by atoms with Gasteiger partial charge in [-0.3, -0.25) is 4.98 Å². The minimum atomic E-state index is 0.114. The average Bonchev–Trinajstić information content (AvgIpc) is 2.92. The molecule has 0 fully saturated rings. The summed E-state index contributed by atoms with van der Waals surface area (Å²) >= 11 is 8.10. The van der Waals surface area contributed by atoms with Gasteiger partial charge in [0.15, 0.2) is 0 Å². The molecule has 0 spiro atoms. The molecule has 1 atom stereocenters. The van der Waals surface area contributed by atoms with E-state index in [4.69, 9.17) is 11.6 Å². The van der Waals surface area contributed by atoms with Gasteiger partial charge in [0.05, 0.1) is 5.51 Å². The summed E-state index contributed by atoms with van der Waals surface area (Å²) in [4.78, 5) is 5.52. The van der Waals surface area contributed by atoms with Crippen LogP contribution >= 0.6 is 22.9 Å². The first-order chi connectivity index (χ1) is 8.84. The van der Waals surface area contributed by atoms with Crippen molar-refractivity contribution in [1.29, 1.82) is 0 Å². The Morgan fingerprint density at radius 2 is 2.22 bits per heavy atom. The maximum atomic E-state index is 6.37. The normalized spacial score (nSPS) is 22.7. The van der Waals surface area contributed by atoms with Gasteiger partial charge in [-0.15, -0.1) is 22.9 Å². The van der Waals surface area contributed by atoms with Crippen molar-refractivity contribution in [2.24, 2.45) is 0 Å². The van der Waals surface area contributed by atoms with Crippen molar-refractivity contribution in [2.45, 2.75) is 31.1 Å². The molecule has 0 saturated carbocycles. The highest BCUT2D eigenvalue weighted by Gasteiger charge is 2.36. The second kappa shape index (κ2) is 5.02. The lowest BCUT2D eigenvalue weighted by atomic mass is 9.69. The Morgan fingerprint density at radius 1 is 1.33 bits per heavy atom. The quantitative estimate of drug-likeness (QED) is 0.767. The van der Waals surface area contributed by atoms with Crippen LogP contribution in [0.3, 0.4) is 0 Å². The van der Waals surface area contributed by atoms with Gasteiger partial charge in [-0.05, 0) is 36.8 Å². The molecule has 2 aromatic rings. The van der Waals surface area contributed by atoms with Crippen molar-refractivity contribution in [3.8, 4) is 0 Å². The second-order valence-corrected chi connectivity index (χ2v) is 6.31. The Balaban J connectivity index is 2.02. The molecule has 3 heteroatoms. The van der Waals surface area contributed by atoms with Gasteiger partial charge in [-0.1, -0.05) is 24.3 Å². The highest BCUT2D eigenvalue weighted by atomic mass is 35.5. The zero-order valence-electron chi connectivity index (χ0n) is 10.2. The molecular weight excluding hydrogens is 262 g/mol. The minimum absolute atomic E-state index is 0.114. The molecule has 0 amide bonds. The lowest BCUT2D eigenvalue weighted by Crippen LogP contribution is -2.35. The van der Waals surface area contributed by atoms with Crippen molar-refractivity contribution in [3.63, 3.8) is 0 Å². The molecule has 1 aromatic carbocycles. The number of nitrogens with zero attached hydrogens (tertiary/aromatic N) is 1. The van der Waals surface area contributed by atoms with Crippen molar-refractivity contribution in [1.82, 2.24) is 4.98 Å². The fourth-order valence-corrected chi connectivity index (χ4v) is 4.15. The topological polar surface area (TPSA) is 12.9 Å². The fraction of sp³-hybridized carbons (Fsp3) is 0.400. The van der Waals surface area contributed by atoms with Crippen LogP contribution in [0.1, 0.15) is 28.8 Å². The lowest BCUT2D eigenvalue weighted by molar-refractivity contribution is 0.399. The third-order valence-electron chi connectivity index (χ3n) is 3.94. The number of halogens is 1. The summed E-state index contributed by atoms with van der Waals surface area (Å²) in [6, 6.07) is 8.79. The standard InChI is InChI=1S/C15H16ClNS/c16-10-15(8-13-9-17-11-18-13)7-3-5-12-4-1-2-6-14(12)15/h1-2,4,6,9,11H,3,5,7-8,10H2. The first-order valence-electron chi connectivity index (χ1n) is 6.36. The van der Waals surface area contributed by atoms with Crippen LogP contribution in [0.2, 0.25) is 0 Å². The summed E-state index contributed by atoms with van der Waals surface area (Å²) < 4.78 is 0. The van der Waals surface area contributed by atoms with Crippen molar-refractivity contribution >= 4 is 22.9 Å². The van der Waals surface area contributed by atoms with Crippen molar-refractivity contribution in [2.75, 3.05) is 5.88 Å². The number of fused-ring (bicyclic) bond motifs is 1. The molecule has 0 N–H and O–H groups in total. The number of aryl methyl sites for hydroxylation is 1. The molecule has 0 bridgehead atoms. The number of hydrogen-bond donors (Lipinski definition) is 0. The molecule has 1 unspecified atom stereocenters. The molecule has 1 aliphatic rings. The van der Waals surface area contributed by atoms with Crippen LogP contribution in [-0.4, -0.2) is 10.9 Å². The van der Waals surface area contributed by atoms with E-state index in [9.17, 15) is 0 Å². The van der Waals surface area contributed by atoms with Gasteiger partial charge in [0.25, 0.3) is 0 Å². The van der Waals surface area contributed by atoms with E-state index in [0.29, 0.717) is 5.88 Å². The SMILES string of the molecule is ClCC1(Cc2cncs2)CCCc2ccccc21. The summed E-state index contributed by atoms with van der Waals surface area (Å²) in [6.45, 7) is 0. The summed E-state index contributed by atoms with van der Waals surface area (Å²) in [5, 5.41) is 0. The summed E-state index contributed by atoms with van der Waals surface area (Å²) in [7, 11) is 0. The number of hydrogen-bond acceptors (Lipinski definition) is 2. The van der Waals surface area contributed by atoms with Crippen molar-refractivity contribution in [3.05, 3.63) is 52.0 Å². The van der Waals surface area contributed by atoms with E-state index in [1.807, 2.05) is 11.7 Å². The Labute approximate surface area is 117 Å². The smallest absolute Gasteiger partial charge is 0.0794 e. The molecule has 3 rings (SSSR count). The van der Waals surface area contributed by atoms with Gasteiger partial charge >= 0.3 is 0 Å². The van der Waals surface area contributed by atoms with Gasteiger partial charge < -0.3 is 0 Å². The molecule has 94 valence electrons. The molecule has 18 heavy (non-hydrogen) atoms. The Hall–Kier alpha value is -0.860. The van der Waals surface area contributed by atoms with Crippen LogP contribution in [0.5, 0.6) is 0 Å². The molecule has 1 aliphatic carbocycles. The van der Waals surface area contributed by atoms with E-state index in [2.05, 4.69) is 29.2 Å². The van der Waals surface area contributed by atoms with Crippen LogP contribution in [0.15, 0.2) is 36.0 Å². The van der Waals surface area contributed by atoms with Crippen LogP contribution in [-0.2, 0) is 18.3 Å². The highest BCUT2D eigenvalue weighted by molar-refractivity contribution is 7.09. The predicted molar refractivity (Wildman–Crippen MR) is 77.6 cm³/mol. The van der Waals surface area contributed by atoms with Gasteiger partial charge in [-0.25, -0.2) is 0 Å². The van der Waals surface area contributed by atoms with Gasteiger partial charge in [0, 0.05) is 22.4 Å². The molecule has 1 heterocycles. The maximum Gasteiger partial charge on any atom is 0.0794 e. The number of aromatic nitrogens is 1. The van der Waals surface area contributed by atoms with Crippen molar-refractivity contribution < 1.29 is 0 Å². The van der Waals surface area contributed by atoms with Gasteiger partial charge in [0.1, 0.15) is 0 Å². The van der Waals surface area contributed by atoms with Crippen LogP contribution in [0.4, 0.5) is 0 Å². The van der Waals surface area contributed by atoms with E-state index in [0.717, 1.165) is 6.42 Å². The van der Waals surface area contributed by atoms with Crippen LogP contribution in [0.25, 0.3) is 0 Å². The third kappa shape index (κ3) is 2.08. The average molecular weight is 278 g/mol. The Bertz CT molecular complexity index is 523. The number of benzene rings is 1. The van der Waals surface area contributed by atoms with Crippen LogP contribution < -0.4 is 0 Å². The molecule has 0 saturated heterocycles. The fourth-order valence-electron chi connectivity index (χ4n) is 3.04. The highest BCUT2D eigenvalue weighted by Crippen LogP contribution is 2.41. The second-order valence-electron chi connectivity index (χ2n) is 5.07. The van der Waals surface area contributed by atoms with E-state index in [1.54, 1.807) is 11.3 Å². The van der Waals surface area contributed by atoms with E-state index in [-0.39, 0.29) is 5.41 Å². The Morgan fingerprint density at radius 3 is 3.00 bits per heavy atom. The number of alkyl halides is 1. The van der Waals surface area contributed by atoms with Gasteiger partial charge in [0.2, 0.25) is 0 Å². The zero-order chi connectivity index (χ0) is 12.4. The molecule has 0 radical (unpaired) electrons. The first-order valence-corrected chi connectivity index (χ1v) is 7.77. The van der Waals surface area contributed by atoms with E-state index < -0.39 is 0 Å². The third-order valence-corrected chi connectivity index (χ3v) is 5.23. The van der Waals surface area contributed by atoms with E-state index >= 15 is 0 Å². The predicted octanol–water partition coefficient (Wildman–Crippen LogP) is 4.20. The molecular formula is C15H16ClNS. The molecule has 1 nitrogen and oxygen atoms in total. The number of thiazole rings is 1. The maximum absolute atomic E-state index is 6.37. The molecule has 1 aromatic heterocycles. The van der Waals surface area contributed by atoms with E-state index in [1.165, 1.54) is 35.3 Å². The minimum Gasteiger partial charge on any atom is -0.253 e. The zero-order valence-corrected chi connectivity index (χ0v) is 11.8. The van der Waals surface area contributed by atoms with Crippen LogP contribution in [0, 0.1) is 0 Å².